The van der Waals surface area contributed by atoms with E-state index in [0.29, 0.717) is 4.05 Å². The Morgan fingerprint density at radius 1 is 1.25 bits per heavy atom. The minimum absolute atomic E-state index is 0.250. The normalized spacial score (nSPS) is 19.6. The van der Waals surface area contributed by atoms with E-state index >= 15 is 0 Å². The van der Waals surface area contributed by atoms with E-state index < -0.39 is 0 Å². The van der Waals surface area contributed by atoms with E-state index in [1.807, 2.05) is 12.1 Å². The van der Waals surface area contributed by atoms with Crippen LogP contribution in [0.15, 0.2) is 24.3 Å². The number of β-amino-alcohol motifs (C(OH)–C–C–N with tert-alkyl or cyclic N) is 1. The van der Waals surface area contributed by atoms with Crippen LogP contribution in [-0.2, 0) is 0 Å². The second kappa shape index (κ2) is 8.17. The van der Waals surface area contributed by atoms with Gasteiger partial charge in [-0.05, 0) is 19.0 Å². The summed E-state index contributed by atoms with van der Waals surface area (Å²) >= 11 is 2.50. The van der Waals surface area contributed by atoms with Gasteiger partial charge in [-0.25, -0.2) is 0 Å². The zero-order valence-corrected chi connectivity index (χ0v) is 14.1. The van der Waals surface area contributed by atoms with E-state index in [2.05, 4.69) is 44.5 Å². The molecule has 1 heterocycles. The predicted molar refractivity (Wildman–Crippen MR) is 89.5 cm³/mol. The second-order valence-corrected chi connectivity index (χ2v) is 6.21. The third-order valence-electron chi connectivity index (χ3n) is 3.76. The van der Waals surface area contributed by atoms with Crippen molar-refractivity contribution in [2.75, 3.05) is 46.4 Å². The third-order valence-corrected chi connectivity index (χ3v) is 5.21. The van der Waals surface area contributed by atoms with Gasteiger partial charge in [0.1, 0.15) is 5.75 Å². The Labute approximate surface area is 134 Å². The molecule has 0 radical (unpaired) electrons. The van der Waals surface area contributed by atoms with Gasteiger partial charge in [0.15, 0.2) is 0 Å². The lowest BCUT2D eigenvalue weighted by molar-refractivity contribution is 0.196. The number of halogens is 1. The van der Waals surface area contributed by atoms with Crippen LogP contribution < -0.4 is 4.74 Å². The molecule has 20 heavy (non-hydrogen) atoms. The largest absolute Gasteiger partial charge is 0.496 e. The van der Waals surface area contributed by atoms with Crippen LogP contribution in [-0.4, -0.2) is 61.3 Å². The summed E-state index contributed by atoms with van der Waals surface area (Å²) in [5.41, 5.74) is 1.24. The van der Waals surface area contributed by atoms with E-state index in [9.17, 15) is 0 Å². The first-order chi connectivity index (χ1) is 9.76. The van der Waals surface area contributed by atoms with Crippen LogP contribution in [0.5, 0.6) is 5.75 Å². The Morgan fingerprint density at radius 3 is 2.80 bits per heavy atom. The van der Waals surface area contributed by atoms with E-state index in [1.54, 1.807) is 7.11 Å². The zero-order valence-electron chi connectivity index (χ0n) is 12.0. The molecule has 0 bridgehead atoms. The number of ether oxygens (including phenoxy) is 1. The van der Waals surface area contributed by atoms with Crippen molar-refractivity contribution in [3.05, 3.63) is 29.8 Å². The number of para-hydroxylation sites is 1. The fraction of sp³-hybridized carbons (Fsp3) is 0.600. The number of hydrogen-bond acceptors (Lipinski definition) is 4. The lowest BCUT2D eigenvalue weighted by Crippen LogP contribution is -2.33. The summed E-state index contributed by atoms with van der Waals surface area (Å²) in [6, 6.07) is 8.25. The first kappa shape index (κ1) is 16.0. The SMILES string of the molecule is COc1ccccc1C(I)N1CCCN(CCO)CC1. The molecule has 1 aliphatic rings. The Hall–Kier alpha value is -0.370. The summed E-state index contributed by atoms with van der Waals surface area (Å²) < 4.78 is 5.80. The van der Waals surface area contributed by atoms with Gasteiger partial charge >= 0.3 is 0 Å². The van der Waals surface area contributed by atoms with Gasteiger partial charge in [-0.3, -0.25) is 9.80 Å². The predicted octanol–water partition coefficient (Wildman–Crippen LogP) is 2.13. The van der Waals surface area contributed by atoms with Crippen LogP contribution >= 0.6 is 22.6 Å². The number of aliphatic hydroxyl groups excluding tert-OH is 1. The van der Waals surface area contributed by atoms with Crippen LogP contribution in [0.4, 0.5) is 0 Å². The smallest absolute Gasteiger partial charge is 0.124 e. The van der Waals surface area contributed by atoms with Crippen LogP contribution in [0.1, 0.15) is 16.0 Å². The Balaban J connectivity index is 2.03. The maximum absolute atomic E-state index is 9.06. The summed E-state index contributed by atoms with van der Waals surface area (Å²) in [5.74, 6) is 0.961. The molecule has 1 fully saturated rings. The number of nitrogens with zero attached hydrogens (tertiary/aromatic N) is 2. The van der Waals surface area contributed by atoms with Crippen molar-refractivity contribution < 1.29 is 9.84 Å². The van der Waals surface area contributed by atoms with Crippen LogP contribution in [0, 0.1) is 0 Å². The summed E-state index contributed by atoms with van der Waals surface area (Å²) in [7, 11) is 1.73. The molecule has 5 heteroatoms. The molecule has 0 aromatic heterocycles. The van der Waals surface area contributed by atoms with Crippen LogP contribution in [0.2, 0.25) is 0 Å². The molecule has 0 aliphatic carbocycles. The molecule has 4 nitrogen and oxygen atoms in total. The van der Waals surface area contributed by atoms with Gasteiger partial charge in [-0.1, -0.05) is 40.8 Å². The summed E-state index contributed by atoms with van der Waals surface area (Å²) in [6.45, 7) is 5.26. The van der Waals surface area contributed by atoms with Crippen molar-refractivity contribution in [2.24, 2.45) is 0 Å². The second-order valence-electron chi connectivity index (χ2n) is 5.03. The number of aliphatic hydroxyl groups is 1. The van der Waals surface area contributed by atoms with Crippen LogP contribution in [0.25, 0.3) is 0 Å². The van der Waals surface area contributed by atoms with E-state index in [1.165, 1.54) is 5.56 Å². The molecule has 1 unspecified atom stereocenters. The molecule has 1 aromatic rings. The average Bonchev–Trinajstić information content (AvgIpc) is 2.72. The molecule has 1 aliphatic heterocycles. The lowest BCUT2D eigenvalue weighted by Gasteiger charge is -2.27. The van der Waals surface area contributed by atoms with Crippen LogP contribution in [0.3, 0.4) is 0 Å². The highest BCUT2D eigenvalue weighted by molar-refractivity contribution is 14.1. The lowest BCUT2D eigenvalue weighted by atomic mass is 10.2. The Kier molecular flexibility index (Phi) is 6.54. The first-order valence-corrected chi connectivity index (χ1v) is 8.35. The summed E-state index contributed by atoms with van der Waals surface area (Å²) in [5, 5.41) is 9.06. The maximum Gasteiger partial charge on any atom is 0.124 e. The molecule has 112 valence electrons. The van der Waals surface area contributed by atoms with Gasteiger partial charge in [-0.2, -0.15) is 0 Å². The van der Waals surface area contributed by atoms with Crippen molar-refractivity contribution in [1.82, 2.24) is 9.80 Å². The van der Waals surface area contributed by atoms with Gasteiger partial charge in [0, 0.05) is 31.7 Å². The highest BCUT2D eigenvalue weighted by Gasteiger charge is 2.23. The van der Waals surface area contributed by atoms with Crippen molar-refractivity contribution in [3.8, 4) is 5.75 Å². The quantitative estimate of drug-likeness (QED) is 0.475. The third kappa shape index (κ3) is 4.07. The molecule has 1 atom stereocenters. The number of methoxy groups -OCH3 is 1. The van der Waals surface area contributed by atoms with Crippen molar-refractivity contribution in [3.63, 3.8) is 0 Å². The zero-order chi connectivity index (χ0) is 14.4. The maximum atomic E-state index is 9.06. The van der Waals surface area contributed by atoms with Gasteiger partial charge in [0.2, 0.25) is 0 Å². The van der Waals surface area contributed by atoms with E-state index in [0.717, 1.165) is 44.9 Å². The minimum Gasteiger partial charge on any atom is -0.496 e. The molecule has 2 rings (SSSR count). The molecular weight excluding hydrogens is 367 g/mol. The molecular formula is C15H23IN2O2. The average molecular weight is 390 g/mol. The molecule has 1 saturated heterocycles. The van der Waals surface area contributed by atoms with Gasteiger partial charge in [-0.15, -0.1) is 0 Å². The topological polar surface area (TPSA) is 35.9 Å². The molecule has 1 N–H and O–H groups in total. The Morgan fingerprint density at radius 2 is 2.05 bits per heavy atom. The summed E-state index contributed by atoms with van der Waals surface area (Å²) in [4.78, 5) is 4.83. The number of rotatable bonds is 5. The van der Waals surface area contributed by atoms with Gasteiger partial charge in [0.25, 0.3) is 0 Å². The van der Waals surface area contributed by atoms with E-state index in [-0.39, 0.29) is 6.61 Å². The van der Waals surface area contributed by atoms with Crippen molar-refractivity contribution in [1.29, 1.82) is 0 Å². The highest BCUT2D eigenvalue weighted by atomic mass is 127. The molecule has 0 spiro atoms. The fourth-order valence-electron chi connectivity index (χ4n) is 2.64. The number of hydrogen-bond donors (Lipinski definition) is 1. The van der Waals surface area contributed by atoms with Crippen molar-refractivity contribution >= 4 is 22.6 Å². The monoisotopic (exact) mass is 390 g/mol. The number of benzene rings is 1. The van der Waals surface area contributed by atoms with E-state index in [4.69, 9.17) is 9.84 Å². The highest BCUT2D eigenvalue weighted by Crippen LogP contribution is 2.34. The Bertz CT molecular complexity index is 417. The minimum atomic E-state index is 0.250. The standard InChI is InChI=1S/C15H23IN2O2/c1-20-14-6-3-2-5-13(14)15(16)18-8-4-7-17(9-10-18)11-12-19/h2-3,5-6,15,19H,4,7-12H2,1H3. The van der Waals surface area contributed by atoms with Crippen molar-refractivity contribution in [2.45, 2.75) is 10.5 Å². The molecule has 1 aromatic carbocycles. The van der Waals surface area contributed by atoms with Gasteiger partial charge in [0.05, 0.1) is 17.8 Å². The van der Waals surface area contributed by atoms with Gasteiger partial charge < -0.3 is 9.84 Å². The molecule has 0 saturated carbocycles. The summed E-state index contributed by atoms with van der Waals surface area (Å²) in [6.07, 6.45) is 1.15. The fourth-order valence-corrected chi connectivity index (χ4v) is 3.71. The molecule has 0 amide bonds. The first-order valence-electron chi connectivity index (χ1n) is 7.10. The number of alkyl halides is 1.